The first-order chi connectivity index (χ1) is 8.77. The van der Waals surface area contributed by atoms with E-state index in [0.717, 1.165) is 19.4 Å². The molecule has 1 aromatic heterocycles. The van der Waals surface area contributed by atoms with Crippen LogP contribution in [-0.2, 0) is 20.8 Å². The van der Waals surface area contributed by atoms with Crippen LogP contribution < -0.4 is 5.32 Å². The standard InChI is InChI=1S/C13H19NO3S/c1-16-12(15)13(5-3-7-17-8-6-13)14-10-11-4-2-9-18-11/h2,4,9,14H,3,5-8,10H2,1H3. The fourth-order valence-electron chi connectivity index (χ4n) is 2.27. The second-order valence-electron chi connectivity index (χ2n) is 4.47. The lowest BCUT2D eigenvalue weighted by atomic mass is 9.90. The van der Waals surface area contributed by atoms with Gasteiger partial charge in [-0.25, -0.2) is 0 Å². The summed E-state index contributed by atoms with van der Waals surface area (Å²) in [6.45, 7) is 2.03. The number of carbonyl (C=O) groups is 1. The van der Waals surface area contributed by atoms with E-state index in [2.05, 4.69) is 11.4 Å². The minimum absolute atomic E-state index is 0.176. The number of nitrogens with one attached hydrogen (secondary N) is 1. The van der Waals surface area contributed by atoms with Gasteiger partial charge in [0, 0.05) is 24.6 Å². The highest BCUT2D eigenvalue weighted by Gasteiger charge is 2.39. The van der Waals surface area contributed by atoms with Crippen molar-refractivity contribution in [3.05, 3.63) is 22.4 Å². The van der Waals surface area contributed by atoms with Gasteiger partial charge >= 0.3 is 5.97 Å². The number of hydrogen-bond donors (Lipinski definition) is 1. The summed E-state index contributed by atoms with van der Waals surface area (Å²) in [4.78, 5) is 13.3. The van der Waals surface area contributed by atoms with Crippen molar-refractivity contribution in [3.63, 3.8) is 0 Å². The highest BCUT2D eigenvalue weighted by atomic mass is 32.1. The van der Waals surface area contributed by atoms with Gasteiger partial charge in [-0.05, 0) is 30.7 Å². The third-order valence-corrected chi connectivity index (χ3v) is 4.20. The molecule has 1 aliphatic heterocycles. The molecule has 1 N–H and O–H groups in total. The summed E-state index contributed by atoms with van der Waals surface area (Å²) in [7, 11) is 1.45. The highest BCUT2D eigenvalue weighted by molar-refractivity contribution is 7.09. The molecule has 1 saturated heterocycles. The SMILES string of the molecule is COC(=O)C1(NCc2cccs2)CCCOCC1. The molecule has 0 bridgehead atoms. The fourth-order valence-corrected chi connectivity index (χ4v) is 2.91. The Labute approximate surface area is 111 Å². The van der Waals surface area contributed by atoms with Crippen LogP contribution in [0.2, 0.25) is 0 Å². The predicted molar refractivity (Wildman–Crippen MR) is 70.6 cm³/mol. The Balaban J connectivity index is 2.05. The number of hydrogen-bond acceptors (Lipinski definition) is 5. The molecule has 18 heavy (non-hydrogen) atoms. The third-order valence-electron chi connectivity index (χ3n) is 3.32. The van der Waals surface area contributed by atoms with Gasteiger partial charge in [0.15, 0.2) is 0 Å². The zero-order valence-corrected chi connectivity index (χ0v) is 11.4. The van der Waals surface area contributed by atoms with Gasteiger partial charge in [0.1, 0.15) is 5.54 Å². The second-order valence-corrected chi connectivity index (χ2v) is 5.50. The lowest BCUT2D eigenvalue weighted by Gasteiger charge is -2.30. The molecule has 0 radical (unpaired) electrons. The maximum absolute atomic E-state index is 12.1. The van der Waals surface area contributed by atoms with E-state index in [9.17, 15) is 4.79 Å². The molecule has 1 aromatic rings. The van der Waals surface area contributed by atoms with Crippen LogP contribution in [0.3, 0.4) is 0 Å². The molecular weight excluding hydrogens is 250 g/mol. The summed E-state index contributed by atoms with van der Waals surface area (Å²) in [5.74, 6) is -0.176. The van der Waals surface area contributed by atoms with Gasteiger partial charge < -0.3 is 9.47 Å². The molecule has 0 saturated carbocycles. The summed E-state index contributed by atoms with van der Waals surface area (Å²) in [5.41, 5.74) is -0.588. The third kappa shape index (κ3) is 3.10. The lowest BCUT2D eigenvalue weighted by molar-refractivity contribution is -0.149. The summed E-state index contributed by atoms with van der Waals surface area (Å²) in [6, 6.07) is 4.08. The van der Waals surface area contributed by atoms with Crippen LogP contribution in [0.25, 0.3) is 0 Å². The minimum atomic E-state index is -0.588. The molecule has 0 aliphatic carbocycles. The van der Waals surface area contributed by atoms with E-state index in [1.165, 1.54) is 12.0 Å². The zero-order chi connectivity index (χ0) is 12.8. The van der Waals surface area contributed by atoms with E-state index in [1.807, 2.05) is 11.4 Å². The first kappa shape index (κ1) is 13.5. The van der Waals surface area contributed by atoms with E-state index in [1.54, 1.807) is 11.3 Å². The largest absolute Gasteiger partial charge is 0.468 e. The molecule has 1 aliphatic rings. The van der Waals surface area contributed by atoms with Crippen molar-refractivity contribution in [2.24, 2.45) is 0 Å². The van der Waals surface area contributed by atoms with Gasteiger partial charge in [-0.1, -0.05) is 6.07 Å². The number of thiophene rings is 1. The van der Waals surface area contributed by atoms with Crippen LogP contribution in [0.5, 0.6) is 0 Å². The molecule has 4 nitrogen and oxygen atoms in total. The van der Waals surface area contributed by atoms with Crippen molar-refractivity contribution >= 4 is 17.3 Å². The van der Waals surface area contributed by atoms with Gasteiger partial charge in [-0.15, -0.1) is 11.3 Å². The normalized spacial score (nSPS) is 24.5. The van der Waals surface area contributed by atoms with Crippen molar-refractivity contribution < 1.29 is 14.3 Å². The molecule has 0 aromatic carbocycles. The van der Waals surface area contributed by atoms with E-state index < -0.39 is 5.54 Å². The lowest BCUT2D eigenvalue weighted by Crippen LogP contribution is -2.52. The van der Waals surface area contributed by atoms with E-state index in [4.69, 9.17) is 9.47 Å². The fraction of sp³-hybridized carbons (Fsp3) is 0.615. The smallest absolute Gasteiger partial charge is 0.326 e. The van der Waals surface area contributed by atoms with Crippen molar-refractivity contribution in [2.75, 3.05) is 20.3 Å². The minimum Gasteiger partial charge on any atom is -0.468 e. The number of methoxy groups -OCH3 is 1. The molecule has 1 unspecified atom stereocenters. The van der Waals surface area contributed by atoms with Crippen molar-refractivity contribution in [1.82, 2.24) is 5.32 Å². The van der Waals surface area contributed by atoms with E-state index in [0.29, 0.717) is 19.6 Å². The van der Waals surface area contributed by atoms with Crippen LogP contribution in [0.1, 0.15) is 24.1 Å². The van der Waals surface area contributed by atoms with Gasteiger partial charge in [0.25, 0.3) is 0 Å². The van der Waals surface area contributed by atoms with Crippen LogP contribution in [-0.4, -0.2) is 31.8 Å². The highest BCUT2D eigenvalue weighted by Crippen LogP contribution is 2.24. The average Bonchev–Trinajstić information content (AvgIpc) is 2.80. The molecule has 100 valence electrons. The first-order valence-corrected chi connectivity index (χ1v) is 7.08. The zero-order valence-electron chi connectivity index (χ0n) is 10.6. The summed E-state index contributed by atoms with van der Waals surface area (Å²) >= 11 is 1.69. The molecular formula is C13H19NO3S. The number of carbonyl (C=O) groups excluding carboxylic acids is 1. The van der Waals surface area contributed by atoms with E-state index >= 15 is 0 Å². The topological polar surface area (TPSA) is 47.6 Å². The maximum Gasteiger partial charge on any atom is 0.326 e. The van der Waals surface area contributed by atoms with Crippen LogP contribution in [0.4, 0.5) is 0 Å². The Morgan fingerprint density at radius 3 is 3.17 bits per heavy atom. The van der Waals surface area contributed by atoms with E-state index in [-0.39, 0.29) is 5.97 Å². The quantitative estimate of drug-likeness (QED) is 0.849. The van der Waals surface area contributed by atoms with Gasteiger partial charge in [0.2, 0.25) is 0 Å². The number of ether oxygens (including phenoxy) is 2. The molecule has 2 rings (SSSR count). The maximum atomic E-state index is 12.1. The Hall–Kier alpha value is -0.910. The monoisotopic (exact) mass is 269 g/mol. The Bertz CT molecular complexity index is 370. The average molecular weight is 269 g/mol. The Morgan fingerprint density at radius 1 is 1.56 bits per heavy atom. The van der Waals surface area contributed by atoms with Crippen molar-refractivity contribution in [2.45, 2.75) is 31.3 Å². The molecule has 0 amide bonds. The van der Waals surface area contributed by atoms with Crippen LogP contribution in [0.15, 0.2) is 17.5 Å². The molecule has 5 heteroatoms. The molecule has 0 spiro atoms. The van der Waals surface area contributed by atoms with Crippen molar-refractivity contribution in [1.29, 1.82) is 0 Å². The Morgan fingerprint density at radius 2 is 2.44 bits per heavy atom. The second kappa shape index (κ2) is 6.31. The molecule has 2 heterocycles. The molecule has 1 fully saturated rings. The van der Waals surface area contributed by atoms with Gasteiger partial charge in [0.05, 0.1) is 7.11 Å². The number of esters is 1. The van der Waals surface area contributed by atoms with Gasteiger partial charge in [-0.2, -0.15) is 0 Å². The van der Waals surface area contributed by atoms with Crippen LogP contribution in [0, 0.1) is 0 Å². The van der Waals surface area contributed by atoms with Gasteiger partial charge in [-0.3, -0.25) is 10.1 Å². The van der Waals surface area contributed by atoms with Crippen molar-refractivity contribution in [3.8, 4) is 0 Å². The summed E-state index contributed by atoms with van der Waals surface area (Å²) < 4.78 is 10.4. The number of rotatable bonds is 4. The summed E-state index contributed by atoms with van der Waals surface area (Å²) in [5, 5.41) is 5.42. The summed E-state index contributed by atoms with van der Waals surface area (Å²) in [6.07, 6.45) is 2.32. The first-order valence-electron chi connectivity index (χ1n) is 6.20. The Kier molecular flexibility index (Phi) is 4.74. The van der Waals surface area contributed by atoms with Crippen LogP contribution >= 0.6 is 11.3 Å². The predicted octanol–water partition coefficient (Wildman–Crippen LogP) is 1.95. The molecule has 1 atom stereocenters.